The number of thiophene rings is 1. The van der Waals surface area contributed by atoms with Crippen LogP contribution in [-0.4, -0.2) is 20.6 Å². The number of aromatic nitrogens is 2. The minimum atomic E-state index is -0.169. The highest BCUT2D eigenvalue weighted by Crippen LogP contribution is 2.33. The average molecular weight is 383 g/mol. The molecule has 1 amide bonds. The van der Waals surface area contributed by atoms with E-state index in [4.69, 9.17) is 0 Å². The molecule has 3 aromatic rings. The van der Waals surface area contributed by atoms with Gasteiger partial charge in [-0.15, -0.1) is 11.3 Å². The third-order valence-electron chi connectivity index (χ3n) is 4.99. The van der Waals surface area contributed by atoms with Crippen molar-refractivity contribution in [1.82, 2.24) is 14.9 Å². The first kappa shape index (κ1) is 17.7. The summed E-state index contributed by atoms with van der Waals surface area (Å²) in [6, 6.07) is 6.89. The van der Waals surface area contributed by atoms with Gasteiger partial charge in [-0.1, -0.05) is 18.2 Å². The minimum absolute atomic E-state index is 0.0482. The van der Waals surface area contributed by atoms with Crippen LogP contribution in [0, 0.1) is 0 Å². The van der Waals surface area contributed by atoms with Gasteiger partial charge in [0.1, 0.15) is 10.6 Å². The number of carbonyl (C=O) groups is 1. The van der Waals surface area contributed by atoms with E-state index in [1.54, 1.807) is 35.9 Å². The molecule has 0 spiro atoms. The maximum atomic E-state index is 12.9. The Hall–Kier alpha value is -2.67. The molecule has 0 fully saturated rings. The van der Waals surface area contributed by atoms with Gasteiger partial charge in [0.15, 0.2) is 0 Å². The number of nitrogens with zero attached hydrogens (tertiary/aromatic N) is 2. The molecule has 4 rings (SSSR count). The van der Waals surface area contributed by atoms with E-state index in [0.717, 1.165) is 35.0 Å². The fraction of sp³-hybridized carbons (Fsp3) is 0.350. The molecular formula is C20H21N3O3S. The highest BCUT2D eigenvalue weighted by atomic mass is 32.1. The second-order valence-electron chi connectivity index (χ2n) is 6.79. The molecule has 27 heavy (non-hydrogen) atoms. The van der Waals surface area contributed by atoms with Crippen molar-refractivity contribution in [2.45, 2.75) is 45.2 Å². The molecular weight excluding hydrogens is 362 g/mol. The molecule has 1 aromatic carbocycles. The number of aryl methyl sites for hydroxylation is 3. The molecule has 1 aliphatic carbocycles. The summed E-state index contributed by atoms with van der Waals surface area (Å²) in [5.74, 6) is -0.0106. The van der Waals surface area contributed by atoms with Gasteiger partial charge in [-0.3, -0.25) is 14.2 Å². The normalized spacial score (nSPS) is 13.5. The van der Waals surface area contributed by atoms with Gasteiger partial charge in [-0.05, 0) is 37.3 Å². The Balaban J connectivity index is 1.44. The average Bonchev–Trinajstić information content (AvgIpc) is 3.06. The molecule has 6 nitrogen and oxygen atoms in total. The number of phenolic OH excluding ortho intramolecular Hbond substituents is 1. The summed E-state index contributed by atoms with van der Waals surface area (Å²) in [6.07, 6.45) is 5.99. The number of amides is 1. The number of benzene rings is 1. The molecule has 0 unspecified atom stereocenters. The van der Waals surface area contributed by atoms with Crippen LogP contribution in [0.5, 0.6) is 5.75 Å². The van der Waals surface area contributed by atoms with Crippen molar-refractivity contribution in [3.05, 3.63) is 57.0 Å². The molecule has 2 N–H and O–H groups in total. The second-order valence-corrected chi connectivity index (χ2v) is 7.87. The van der Waals surface area contributed by atoms with Crippen LogP contribution in [0.1, 0.15) is 35.3 Å². The van der Waals surface area contributed by atoms with Crippen molar-refractivity contribution in [1.29, 1.82) is 0 Å². The third-order valence-corrected chi connectivity index (χ3v) is 6.19. The van der Waals surface area contributed by atoms with E-state index in [1.165, 1.54) is 15.9 Å². The van der Waals surface area contributed by atoms with E-state index in [2.05, 4.69) is 10.3 Å². The topological polar surface area (TPSA) is 84.2 Å². The van der Waals surface area contributed by atoms with Crippen LogP contribution >= 0.6 is 11.3 Å². The smallest absolute Gasteiger partial charge is 0.262 e. The highest BCUT2D eigenvalue weighted by molar-refractivity contribution is 7.18. The number of carbonyl (C=O) groups excluding carboxylic acids is 1. The summed E-state index contributed by atoms with van der Waals surface area (Å²) in [4.78, 5) is 31.5. The fourth-order valence-corrected chi connectivity index (χ4v) is 4.72. The maximum absolute atomic E-state index is 12.9. The Morgan fingerprint density at radius 3 is 2.93 bits per heavy atom. The van der Waals surface area contributed by atoms with Gasteiger partial charge < -0.3 is 10.4 Å². The summed E-state index contributed by atoms with van der Waals surface area (Å²) in [7, 11) is 0. The largest absolute Gasteiger partial charge is 0.508 e. The van der Waals surface area contributed by atoms with Gasteiger partial charge in [0.25, 0.3) is 5.56 Å². The summed E-state index contributed by atoms with van der Waals surface area (Å²) >= 11 is 1.63. The lowest BCUT2D eigenvalue weighted by Crippen LogP contribution is -2.27. The molecule has 1 aliphatic rings. The summed E-state index contributed by atoms with van der Waals surface area (Å²) in [5.41, 5.74) is 1.78. The molecule has 0 bridgehead atoms. The third kappa shape index (κ3) is 3.60. The fourth-order valence-electron chi connectivity index (χ4n) is 3.50. The zero-order chi connectivity index (χ0) is 18.8. The molecule has 0 aliphatic heterocycles. The SMILES string of the molecule is O=C(CCn1cnc2sc3c(c2c1=O)CCCC3)NCc1ccccc1O. The number of rotatable bonds is 5. The first-order valence-electron chi connectivity index (χ1n) is 9.17. The van der Waals surface area contributed by atoms with Gasteiger partial charge >= 0.3 is 0 Å². The van der Waals surface area contributed by atoms with Crippen LogP contribution in [-0.2, 0) is 30.7 Å². The van der Waals surface area contributed by atoms with E-state index in [1.807, 2.05) is 6.07 Å². The molecule has 2 heterocycles. The second kappa shape index (κ2) is 7.52. The van der Waals surface area contributed by atoms with Crippen molar-refractivity contribution < 1.29 is 9.90 Å². The van der Waals surface area contributed by atoms with Gasteiger partial charge in [0.05, 0.1) is 11.7 Å². The van der Waals surface area contributed by atoms with Crippen LogP contribution in [0.3, 0.4) is 0 Å². The molecule has 2 aromatic heterocycles. The Morgan fingerprint density at radius 2 is 2.07 bits per heavy atom. The van der Waals surface area contributed by atoms with Gasteiger partial charge in [-0.25, -0.2) is 4.98 Å². The first-order valence-corrected chi connectivity index (χ1v) is 9.98. The van der Waals surface area contributed by atoms with Crippen LogP contribution in [0.4, 0.5) is 0 Å². The Labute approximate surface area is 160 Å². The van der Waals surface area contributed by atoms with E-state index < -0.39 is 0 Å². The molecule has 0 saturated carbocycles. The minimum Gasteiger partial charge on any atom is -0.508 e. The zero-order valence-corrected chi connectivity index (χ0v) is 15.7. The lowest BCUT2D eigenvalue weighted by atomic mass is 9.97. The van der Waals surface area contributed by atoms with Gasteiger partial charge in [-0.2, -0.15) is 0 Å². The number of phenols is 1. The van der Waals surface area contributed by atoms with E-state index in [0.29, 0.717) is 12.1 Å². The molecule has 7 heteroatoms. The molecule has 140 valence electrons. The molecule has 0 atom stereocenters. The quantitative estimate of drug-likeness (QED) is 0.710. The Morgan fingerprint density at radius 1 is 1.26 bits per heavy atom. The van der Waals surface area contributed by atoms with Crippen molar-refractivity contribution in [3.63, 3.8) is 0 Å². The predicted octanol–water partition coefficient (Wildman–Crippen LogP) is 2.75. The first-order chi connectivity index (χ1) is 13.1. The maximum Gasteiger partial charge on any atom is 0.262 e. The number of fused-ring (bicyclic) bond motifs is 3. The zero-order valence-electron chi connectivity index (χ0n) is 14.9. The van der Waals surface area contributed by atoms with Crippen LogP contribution in [0.2, 0.25) is 0 Å². The number of aromatic hydroxyl groups is 1. The summed E-state index contributed by atoms with van der Waals surface area (Å²) in [6.45, 7) is 0.550. The number of para-hydroxylation sites is 1. The van der Waals surface area contributed by atoms with E-state index in [-0.39, 0.29) is 30.2 Å². The van der Waals surface area contributed by atoms with E-state index >= 15 is 0 Å². The highest BCUT2D eigenvalue weighted by Gasteiger charge is 2.20. The Bertz CT molecular complexity index is 1050. The van der Waals surface area contributed by atoms with Gasteiger partial charge in [0, 0.05) is 30.0 Å². The molecule has 0 saturated heterocycles. The van der Waals surface area contributed by atoms with Crippen molar-refractivity contribution in [3.8, 4) is 5.75 Å². The van der Waals surface area contributed by atoms with Crippen LogP contribution in [0.15, 0.2) is 35.4 Å². The van der Waals surface area contributed by atoms with Crippen LogP contribution < -0.4 is 10.9 Å². The summed E-state index contributed by atoms with van der Waals surface area (Å²) < 4.78 is 1.53. The number of hydrogen-bond acceptors (Lipinski definition) is 5. The standard InChI is InChI=1S/C20H21N3O3S/c24-15-7-3-1-5-13(15)11-21-17(25)9-10-23-12-22-19-18(20(23)26)14-6-2-4-8-16(14)27-19/h1,3,5,7,12,24H,2,4,6,8-11H2,(H,21,25). The summed E-state index contributed by atoms with van der Waals surface area (Å²) in [5, 5.41) is 13.3. The number of hydrogen-bond donors (Lipinski definition) is 2. The van der Waals surface area contributed by atoms with Crippen LogP contribution in [0.25, 0.3) is 10.2 Å². The monoisotopic (exact) mass is 383 g/mol. The van der Waals surface area contributed by atoms with Crippen molar-refractivity contribution in [2.75, 3.05) is 0 Å². The number of nitrogens with one attached hydrogen (secondary N) is 1. The molecule has 0 radical (unpaired) electrons. The Kier molecular flexibility index (Phi) is 4.94. The van der Waals surface area contributed by atoms with E-state index in [9.17, 15) is 14.7 Å². The lowest BCUT2D eigenvalue weighted by Gasteiger charge is -2.10. The predicted molar refractivity (Wildman–Crippen MR) is 105 cm³/mol. The van der Waals surface area contributed by atoms with Crippen molar-refractivity contribution in [2.24, 2.45) is 0 Å². The lowest BCUT2D eigenvalue weighted by molar-refractivity contribution is -0.121. The van der Waals surface area contributed by atoms with Gasteiger partial charge in [0.2, 0.25) is 5.91 Å². The van der Waals surface area contributed by atoms with Crippen molar-refractivity contribution >= 4 is 27.5 Å².